The van der Waals surface area contributed by atoms with E-state index in [9.17, 15) is 14.7 Å². The summed E-state index contributed by atoms with van der Waals surface area (Å²) < 4.78 is 1.61. The molecule has 0 bridgehead atoms. The van der Waals surface area contributed by atoms with Gasteiger partial charge in [0, 0.05) is 25.6 Å². The highest BCUT2D eigenvalue weighted by Gasteiger charge is 2.46. The Bertz CT molecular complexity index is 852. The molecule has 4 rings (SSSR count). The smallest absolute Gasteiger partial charge is 0.272 e. The zero-order chi connectivity index (χ0) is 20.8. The largest absolute Gasteiger partial charge is 0.510 e. The first-order chi connectivity index (χ1) is 13.8. The molecule has 3 aliphatic rings. The molecule has 3 N–H and O–H groups in total. The predicted molar refractivity (Wildman–Crippen MR) is 109 cm³/mol. The number of rotatable bonds is 3. The van der Waals surface area contributed by atoms with Crippen molar-refractivity contribution < 1.29 is 14.7 Å². The minimum atomic E-state index is -1.01. The molecule has 0 aromatic carbocycles. The molecule has 1 fully saturated rings. The molecule has 1 saturated carbocycles. The summed E-state index contributed by atoms with van der Waals surface area (Å²) in [6.07, 6.45) is 7.22. The first-order valence-electron chi connectivity index (χ1n) is 10.7. The Morgan fingerprint density at radius 2 is 2.00 bits per heavy atom. The van der Waals surface area contributed by atoms with Crippen LogP contribution in [0.15, 0.2) is 11.8 Å². The molecule has 2 aliphatic heterocycles. The number of aliphatic hydroxyl groups excluding tert-OH is 1. The molecule has 8 heteroatoms. The summed E-state index contributed by atoms with van der Waals surface area (Å²) in [5.74, 6) is -0.111. The lowest BCUT2D eigenvalue weighted by molar-refractivity contribution is -0.133. The van der Waals surface area contributed by atoms with E-state index < -0.39 is 5.54 Å². The van der Waals surface area contributed by atoms with E-state index in [1.807, 2.05) is 6.92 Å². The lowest BCUT2D eigenvalue weighted by Gasteiger charge is -2.41. The SMILES string of the molecule is CC1CC(O)=C(c2cc3n(n2)CC(C)(C(=O)NC2CCCCCC2)N(C)C3=O)N1. The fourth-order valence-electron chi connectivity index (χ4n) is 4.61. The normalized spacial score (nSPS) is 28.2. The van der Waals surface area contributed by atoms with Gasteiger partial charge >= 0.3 is 0 Å². The summed E-state index contributed by atoms with van der Waals surface area (Å²) in [5, 5.41) is 21.1. The number of fused-ring (bicyclic) bond motifs is 1. The average molecular weight is 402 g/mol. The van der Waals surface area contributed by atoms with E-state index in [1.54, 1.807) is 24.7 Å². The highest BCUT2D eigenvalue weighted by Crippen LogP contribution is 2.30. The third-order valence-electron chi connectivity index (χ3n) is 6.62. The van der Waals surface area contributed by atoms with Crippen molar-refractivity contribution in [2.45, 2.75) is 83.0 Å². The number of hydrogen-bond acceptors (Lipinski definition) is 5. The number of amides is 2. The van der Waals surface area contributed by atoms with E-state index in [-0.39, 0.29) is 36.2 Å². The molecule has 1 aromatic rings. The van der Waals surface area contributed by atoms with E-state index in [0.29, 0.717) is 23.5 Å². The van der Waals surface area contributed by atoms with Crippen molar-refractivity contribution in [3.05, 3.63) is 23.2 Å². The Balaban J connectivity index is 1.58. The summed E-state index contributed by atoms with van der Waals surface area (Å²) in [5.41, 5.74) is 0.535. The highest BCUT2D eigenvalue weighted by atomic mass is 16.3. The van der Waals surface area contributed by atoms with Crippen molar-refractivity contribution in [1.82, 2.24) is 25.3 Å². The monoisotopic (exact) mass is 401 g/mol. The molecule has 158 valence electrons. The molecule has 0 radical (unpaired) electrons. The quantitative estimate of drug-likeness (QED) is 0.674. The Morgan fingerprint density at radius 1 is 1.31 bits per heavy atom. The average Bonchev–Trinajstić information content (AvgIpc) is 3.13. The Hall–Kier alpha value is -2.51. The molecule has 2 unspecified atom stereocenters. The molecule has 8 nitrogen and oxygen atoms in total. The first kappa shape index (κ1) is 19.8. The molecular formula is C21H31N5O3. The van der Waals surface area contributed by atoms with E-state index in [2.05, 4.69) is 15.7 Å². The molecule has 3 heterocycles. The Morgan fingerprint density at radius 3 is 2.62 bits per heavy atom. The lowest BCUT2D eigenvalue weighted by Crippen LogP contribution is -2.63. The lowest BCUT2D eigenvalue weighted by atomic mass is 9.95. The zero-order valence-corrected chi connectivity index (χ0v) is 17.5. The van der Waals surface area contributed by atoms with Crippen molar-refractivity contribution in [2.75, 3.05) is 7.05 Å². The van der Waals surface area contributed by atoms with Gasteiger partial charge in [0.05, 0.1) is 6.54 Å². The zero-order valence-electron chi connectivity index (χ0n) is 17.5. The molecule has 29 heavy (non-hydrogen) atoms. The van der Waals surface area contributed by atoms with Crippen LogP contribution in [0.1, 0.15) is 75.0 Å². The van der Waals surface area contributed by atoms with Crippen LogP contribution in [0.25, 0.3) is 5.70 Å². The Kier molecular flexibility index (Phi) is 5.04. The number of carbonyl (C=O) groups is 2. The summed E-state index contributed by atoms with van der Waals surface area (Å²) in [4.78, 5) is 27.8. The van der Waals surface area contributed by atoms with Crippen LogP contribution in [-0.2, 0) is 11.3 Å². The molecule has 1 aliphatic carbocycles. The summed E-state index contributed by atoms with van der Waals surface area (Å²) >= 11 is 0. The second-order valence-corrected chi connectivity index (χ2v) is 8.94. The number of aromatic nitrogens is 2. The highest BCUT2D eigenvalue weighted by molar-refractivity contribution is 5.99. The van der Waals surface area contributed by atoms with Crippen molar-refractivity contribution in [2.24, 2.45) is 0 Å². The molecule has 0 saturated heterocycles. The maximum absolute atomic E-state index is 13.2. The van der Waals surface area contributed by atoms with E-state index in [4.69, 9.17) is 0 Å². The van der Waals surface area contributed by atoms with Crippen LogP contribution in [0.5, 0.6) is 0 Å². The first-order valence-corrected chi connectivity index (χ1v) is 10.7. The van der Waals surface area contributed by atoms with Gasteiger partial charge in [-0.2, -0.15) is 5.10 Å². The predicted octanol–water partition coefficient (Wildman–Crippen LogP) is 2.17. The van der Waals surface area contributed by atoms with Crippen LogP contribution in [0.3, 0.4) is 0 Å². The van der Waals surface area contributed by atoms with Crippen LogP contribution >= 0.6 is 0 Å². The van der Waals surface area contributed by atoms with Crippen molar-refractivity contribution >= 4 is 17.5 Å². The van der Waals surface area contributed by atoms with Crippen LogP contribution < -0.4 is 10.6 Å². The number of nitrogens with one attached hydrogen (secondary N) is 2. The van der Waals surface area contributed by atoms with Gasteiger partial charge in [-0.3, -0.25) is 14.3 Å². The van der Waals surface area contributed by atoms with Gasteiger partial charge in [0.25, 0.3) is 5.91 Å². The molecule has 2 amide bonds. The fourth-order valence-corrected chi connectivity index (χ4v) is 4.61. The minimum absolute atomic E-state index is 0.123. The minimum Gasteiger partial charge on any atom is -0.510 e. The van der Waals surface area contributed by atoms with E-state index >= 15 is 0 Å². The maximum atomic E-state index is 13.2. The molecular weight excluding hydrogens is 370 g/mol. The van der Waals surface area contributed by atoms with Crippen molar-refractivity contribution in [3.8, 4) is 0 Å². The van der Waals surface area contributed by atoms with Crippen molar-refractivity contribution in [1.29, 1.82) is 0 Å². The summed E-state index contributed by atoms with van der Waals surface area (Å²) in [7, 11) is 1.68. The van der Waals surface area contributed by atoms with Crippen LogP contribution in [0.4, 0.5) is 0 Å². The standard InChI is InChI=1S/C21H31N5O3/c1-13-10-17(27)18(22-13)15-11-16-19(28)25(3)21(2,12-26(16)24-15)20(29)23-14-8-6-4-5-7-9-14/h11,13-14,22,27H,4-10,12H2,1-3H3,(H,23,29). The van der Waals surface area contributed by atoms with Gasteiger partial charge in [0.15, 0.2) is 0 Å². The number of aliphatic hydroxyl groups is 1. The third kappa shape index (κ3) is 3.49. The number of likely N-dealkylation sites (N-methyl/N-ethyl adjacent to an activating group) is 1. The van der Waals surface area contributed by atoms with Gasteiger partial charge in [-0.15, -0.1) is 0 Å². The molecule has 0 spiro atoms. The van der Waals surface area contributed by atoms with Gasteiger partial charge < -0.3 is 20.6 Å². The number of hydrogen-bond donors (Lipinski definition) is 3. The number of carbonyl (C=O) groups excluding carboxylic acids is 2. The second-order valence-electron chi connectivity index (χ2n) is 8.94. The third-order valence-corrected chi connectivity index (χ3v) is 6.62. The van der Waals surface area contributed by atoms with Crippen molar-refractivity contribution in [3.63, 3.8) is 0 Å². The van der Waals surface area contributed by atoms with Crippen LogP contribution in [0, 0.1) is 0 Å². The van der Waals surface area contributed by atoms with E-state index in [0.717, 1.165) is 25.7 Å². The summed E-state index contributed by atoms with van der Waals surface area (Å²) in [6, 6.07) is 1.99. The number of nitrogens with zero attached hydrogens (tertiary/aromatic N) is 3. The maximum Gasteiger partial charge on any atom is 0.272 e. The van der Waals surface area contributed by atoms with Gasteiger partial charge in [-0.05, 0) is 32.8 Å². The van der Waals surface area contributed by atoms with Gasteiger partial charge in [-0.25, -0.2) is 0 Å². The summed E-state index contributed by atoms with van der Waals surface area (Å²) in [6.45, 7) is 4.06. The van der Waals surface area contributed by atoms with Gasteiger partial charge in [0.1, 0.15) is 28.4 Å². The fraction of sp³-hybridized carbons (Fsp3) is 0.667. The van der Waals surface area contributed by atoms with Crippen LogP contribution in [-0.4, -0.2) is 56.3 Å². The molecule has 2 atom stereocenters. The van der Waals surface area contributed by atoms with Gasteiger partial charge in [0.2, 0.25) is 5.91 Å². The second kappa shape index (κ2) is 7.39. The van der Waals surface area contributed by atoms with Crippen LogP contribution in [0.2, 0.25) is 0 Å². The van der Waals surface area contributed by atoms with E-state index in [1.165, 1.54) is 17.7 Å². The Labute approximate surface area is 171 Å². The van der Waals surface area contributed by atoms with Gasteiger partial charge in [-0.1, -0.05) is 25.7 Å². The topological polar surface area (TPSA) is 99.5 Å². The molecule has 1 aromatic heterocycles.